The Balaban J connectivity index is 2.33. The van der Waals surface area contributed by atoms with Crippen LogP contribution in [0, 0.1) is 0 Å². The van der Waals surface area contributed by atoms with Crippen LogP contribution in [0.25, 0.3) is 0 Å². The Bertz CT molecular complexity index is 437. The third-order valence-electron chi connectivity index (χ3n) is 4.34. The van der Waals surface area contributed by atoms with Crippen LogP contribution in [0.1, 0.15) is 51.8 Å². The summed E-state index contributed by atoms with van der Waals surface area (Å²) >= 11 is 6.37. The molecule has 114 valence electrons. The largest absolute Gasteiger partial charge is 0.296 e. The van der Waals surface area contributed by atoms with Gasteiger partial charge in [0.15, 0.2) is 0 Å². The standard InChI is InChI=1S/C14H26ClN5/c1-4-7-20-12(11(15)10-17-20)13(18-16)14(2,3)19-8-5-6-9-19/h10,13,18H,4-9,16H2,1-3H3. The zero-order valence-corrected chi connectivity index (χ0v) is 13.5. The van der Waals surface area contributed by atoms with Crippen LogP contribution in [0.4, 0.5) is 0 Å². The van der Waals surface area contributed by atoms with Crippen molar-refractivity contribution in [2.45, 2.75) is 58.2 Å². The smallest absolute Gasteiger partial charge is 0.0835 e. The zero-order chi connectivity index (χ0) is 14.8. The van der Waals surface area contributed by atoms with E-state index in [4.69, 9.17) is 17.4 Å². The second kappa shape index (κ2) is 6.43. The zero-order valence-electron chi connectivity index (χ0n) is 12.7. The average Bonchev–Trinajstić information content (AvgIpc) is 3.04. The van der Waals surface area contributed by atoms with Gasteiger partial charge in [0.2, 0.25) is 0 Å². The number of likely N-dealkylation sites (tertiary alicyclic amines) is 1. The Hall–Kier alpha value is -0.620. The fraction of sp³-hybridized carbons (Fsp3) is 0.786. The van der Waals surface area contributed by atoms with E-state index >= 15 is 0 Å². The first-order valence-corrected chi connectivity index (χ1v) is 7.82. The Morgan fingerprint density at radius 2 is 2.10 bits per heavy atom. The molecule has 20 heavy (non-hydrogen) atoms. The minimum atomic E-state index is -0.0968. The van der Waals surface area contributed by atoms with Crippen molar-refractivity contribution in [1.29, 1.82) is 0 Å². The first kappa shape index (κ1) is 15.8. The van der Waals surface area contributed by atoms with Gasteiger partial charge in [-0.2, -0.15) is 5.10 Å². The van der Waals surface area contributed by atoms with Crippen molar-refractivity contribution >= 4 is 11.6 Å². The summed E-state index contributed by atoms with van der Waals surface area (Å²) in [6.45, 7) is 9.67. The Labute approximate surface area is 126 Å². The summed E-state index contributed by atoms with van der Waals surface area (Å²) < 4.78 is 1.98. The summed E-state index contributed by atoms with van der Waals surface area (Å²) in [7, 11) is 0. The van der Waals surface area contributed by atoms with Crippen LogP contribution in [0.15, 0.2) is 6.20 Å². The molecule has 1 aromatic rings. The van der Waals surface area contributed by atoms with Gasteiger partial charge in [-0.15, -0.1) is 0 Å². The number of hydrazine groups is 1. The van der Waals surface area contributed by atoms with Gasteiger partial charge in [-0.3, -0.25) is 15.4 Å². The van der Waals surface area contributed by atoms with Gasteiger partial charge in [0.25, 0.3) is 0 Å². The summed E-state index contributed by atoms with van der Waals surface area (Å²) in [5.74, 6) is 5.88. The van der Waals surface area contributed by atoms with Gasteiger partial charge in [-0.1, -0.05) is 18.5 Å². The Kier molecular flexibility index (Phi) is 5.07. The van der Waals surface area contributed by atoms with Crippen LogP contribution in [0.3, 0.4) is 0 Å². The molecule has 2 heterocycles. The van der Waals surface area contributed by atoms with Gasteiger partial charge in [0, 0.05) is 12.1 Å². The van der Waals surface area contributed by atoms with Crippen molar-refractivity contribution in [2.24, 2.45) is 5.84 Å². The maximum Gasteiger partial charge on any atom is 0.0835 e. The van der Waals surface area contributed by atoms with E-state index in [1.807, 2.05) is 4.68 Å². The third kappa shape index (κ3) is 2.86. The SMILES string of the molecule is CCCn1ncc(Cl)c1C(NN)C(C)(C)N1CCCC1. The molecule has 1 atom stereocenters. The summed E-state index contributed by atoms with van der Waals surface area (Å²) in [5, 5.41) is 5.07. The highest BCUT2D eigenvalue weighted by Gasteiger charge is 2.39. The van der Waals surface area contributed by atoms with Crippen LogP contribution < -0.4 is 11.3 Å². The Morgan fingerprint density at radius 3 is 2.65 bits per heavy atom. The molecule has 3 N–H and O–H groups in total. The highest BCUT2D eigenvalue weighted by atomic mass is 35.5. The van der Waals surface area contributed by atoms with Crippen LogP contribution in [-0.2, 0) is 6.54 Å². The number of nitrogens with two attached hydrogens (primary N) is 1. The van der Waals surface area contributed by atoms with Crippen LogP contribution in [0.2, 0.25) is 5.02 Å². The minimum absolute atomic E-state index is 0.0397. The number of halogens is 1. The lowest BCUT2D eigenvalue weighted by Gasteiger charge is -2.42. The van der Waals surface area contributed by atoms with E-state index in [2.05, 4.69) is 36.2 Å². The molecule has 0 saturated carbocycles. The molecular weight excluding hydrogens is 274 g/mol. The van der Waals surface area contributed by atoms with E-state index in [1.54, 1.807) is 6.20 Å². The van der Waals surface area contributed by atoms with Gasteiger partial charge < -0.3 is 0 Å². The van der Waals surface area contributed by atoms with Crippen molar-refractivity contribution in [1.82, 2.24) is 20.1 Å². The monoisotopic (exact) mass is 299 g/mol. The van der Waals surface area contributed by atoms with Gasteiger partial charge in [-0.25, -0.2) is 5.43 Å². The molecule has 1 unspecified atom stereocenters. The minimum Gasteiger partial charge on any atom is -0.296 e. The highest BCUT2D eigenvalue weighted by molar-refractivity contribution is 6.31. The molecule has 1 aromatic heterocycles. The normalized spacial score (nSPS) is 18.6. The number of aryl methyl sites for hydroxylation is 1. The number of nitrogens with zero attached hydrogens (tertiary/aromatic N) is 3. The van der Waals surface area contributed by atoms with E-state index in [9.17, 15) is 0 Å². The molecular formula is C14H26ClN5. The number of hydrogen-bond donors (Lipinski definition) is 2. The lowest BCUT2D eigenvalue weighted by Crippen LogP contribution is -2.53. The number of hydrogen-bond acceptors (Lipinski definition) is 4. The molecule has 0 aliphatic carbocycles. The van der Waals surface area contributed by atoms with E-state index in [-0.39, 0.29) is 11.6 Å². The molecule has 1 fully saturated rings. The van der Waals surface area contributed by atoms with Crippen molar-refractivity contribution in [3.63, 3.8) is 0 Å². The van der Waals surface area contributed by atoms with E-state index < -0.39 is 0 Å². The number of rotatable bonds is 6. The summed E-state index contributed by atoms with van der Waals surface area (Å²) in [5.41, 5.74) is 3.87. The second-order valence-electron chi connectivity index (χ2n) is 6.05. The first-order valence-electron chi connectivity index (χ1n) is 7.44. The van der Waals surface area contributed by atoms with Crippen LogP contribution >= 0.6 is 11.6 Å². The summed E-state index contributed by atoms with van der Waals surface area (Å²) in [6.07, 6.45) is 5.24. The molecule has 2 rings (SSSR count). The number of nitrogens with one attached hydrogen (secondary N) is 1. The van der Waals surface area contributed by atoms with E-state index in [0.717, 1.165) is 31.7 Å². The van der Waals surface area contributed by atoms with Gasteiger partial charge in [0.05, 0.1) is 23.0 Å². The van der Waals surface area contributed by atoms with Crippen molar-refractivity contribution < 1.29 is 0 Å². The summed E-state index contributed by atoms with van der Waals surface area (Å²) in [4.78, 5) is 2.48. The lowest BCUT2D eigenvalue weighted by molar-refractivity contribution is 0.102. The first-order chi connectivity index (χ1) is 9.52. The fourth-order valence-electron chi connectivity index (χ4n) is 3.14. The van der Waals surface area contributed by atoms with E-state index in [0.29, 0.717) is 5.02 Å². The highest BCUT2D eigenvalue weighted by Crippen LogP contribution is 2.36. The molecule has 0 radical (unpaired) electrons. The van der Waals surface area contributed by atoms with Crippen molar-refractivity contribution in [3.8, 4) is 0 Å². The van der Waals surface area contributed by atoms with Crippen LogP contribution in [0.5, 0.6) is 0 Å². The van der Waals surface area contributed by atoms with Crippen LogP contribution in [-0.4, -0.2) is 33.3 Å². The summed E-state index contributed by atoms with van der Waals surface area (Å²) in [6, 6.07) is -0.0397. The Morgan fingerprint density at radius 1 is 1.45 bits per heavy atom. The molecule has 0 amide bonds. The number of aromatic nitrogens is 2. The predicted octanol–water partition coefficient (Wildman–Crippen LogP) is 2.33. The third-order valence-corrected chi connectivity index (χ3v) is 4.63. The quantitative estimate of drug-likeness (QED) is 0.625. The van der Waals surface area contributed by atoms with Crippen molar-refractivity contribution in [3.05, 3.63) is 16.9 Å². The molecule has 6 heteroatoms. The average molecular weight is 300 g/mol. The van der Waals surface area contributed by atoms with E-state index in [1.165, 1.54) is 12.8 Å². The molecule has 5 nitrogen and oxygen atoms in total. The molecule has 0 bridgehead atoms. The molecule has 1 saturated heterocycles. The molecule has 1 aliphatic rings. The predicted molar refractivity (Wildman–Crippen MR) is 82.5 cm³/mol. The molecule has 0 spiro atoms. The maximum atomic E-state index is 6.37. The van der Waals surface area contributed by atoms with Gasteiger partial charge in [0.1, 0.15) is 0 Å². The topological polar surface area (TPSA) is 59.1 Å². The van der Waals surface area contributed by atoms with Gasteiger partial charge in [-0.05, 0) is 46.2 Å². The molecule has 0 aromatic carbocycles. The lowest BCUT2D eigenvalue weighted by atomic mass is 9.90. The molecule has 1 aliphatic heterocycles. The van der Waals surface area contributed by atoms with Gasteiger partial charge >= 0.3 is 0 Å². The second-order valence-corrected chi connectivity index (χ2v) is 6.46. The fourth-order valence-corrected chi connectivity index (χ4v) is 3.39. The van der Waals surface area contributed by atoms with Crippen molar-refractivity contribution in [2.75, 3.05) is 13.1 Å². The maximum absolute atomic E-state index is 6.37.